The van der Waals surface area contributed by atoms with Gasteiger partial charge in [0.25, 0.3) is 5.78 Å². The predicted octanol–water partition coefficient (Wildman–Crippen LogP) is 4.04. The fraction of sp³-hybridized carbons (Fsp3) is 0.154. The van der Waals surface area contributed by atoms with Gasteiger partial charge >= 0.3 is 0 Å². The van der Waals surface area contributed by atoms with Gasteiger partial charge in [-0.05, 0) is 47.5 Å². The van der Waals surface area contributed by atoms with Crippen LogP contribution < -0.4 is 5.32 Å². The highest BCUT2D eigenvalue weighted by Gasteiger charge is 2.14. The summed E-state index contributed by atoms with van der Waals surface area (Å²) in [4.78, 5) is 8.16. The Morgan fingerprint density at radius 1 is 1.33 bits per heavy atom. The molecular formula is C13H10BrClFN5. The lowest BCUT2D eigenvalue weighted by molar-refractivity contribution is 0.620. The van der Waals surface area contributed by atoms with E-state index in [9.17, 15) is 4.39 Å². The normalized spacial score (nSPS) is 11.1. The number of aryl methyl sites for hydroxylation is 1. The fourth-order valence-electron chi connectivity index (χ4n) is 1.95. The van der Waals surface area contributed by atoms with Gasteiger partial charge in [0.15, 0.2) is 0 Å². The maximum absolute atomic E-state index is 13.5. The molecule has 21 heavy (non-hydrogen) atoms. The molecule has 1 N–H and O–H groups in total. The topological polar surface area (TPSA) is 55.1 Å². The van der Waals surface area contributed by atoms with Gasteiger partial charge in [-0.1, -0.05) is 11.6 Å². The number of hydrogen-bond donors (Lipinski definition) is 1. The molecule has 0 aliphatic rings. The third-order valence-electron chi connectivity index (χ3n) is 3.12. The van der Waals surface area contributed by atoms with Crippen molar-refractivity contribution in [2.45, 2.75) is 13.8 Å². The zero-order valence-corrected chi connectivity index (χ0v) is 13.5. The number of aromatic nitrogens is 4. The van der Waals surface area contributed by atoms with E-state index in [0.29, 0.717) is 21.2 Å². The molecule has 2 aromatic heterocycles. The van der Waals surface area contributed by atoms with E-state index in [0.717, 1.165) is 16.8 Å². The Morgan fingerprint density at radius 3 is 2.86 bits per heavy atom. The maximum Gasteiger partial charge on any atom is 0.255 e. The molecule has 3 aromatic rings. The molecule has 0 atom stereocenters. The summed E-state index contributed by atoms with van der Waals surface area (Å²) in [6.07, 6.45) is 1.40. The van der Waals surface area contributed by atoms with Crippen LogP contribution in [0.15, 0.2) is 22.9 Å². The Morgan fingerprint density at radius 2 is 2.10 bits per heavy atom. The zero-order valence-electron chi connectivity index (χ0n) is 11.2. The van der Waals surface area contributed by atoms with Gasteiger partial charge in [-0.2, -0.15) is 19.6 Å². The van der Waals surface area contributed by atoms with Gasteiger partial charge in [-0.15, -0.1) is 0 Å². The number of anilines is 2. The molecule has 3 rings (SSSR count). The van der Waals surface area contributed by atoms with Crippen LogP contribution in [0.5, 0.6) is 0 Å². The van der Waals surface area contributed by atoms with E-state index in [-0.39, 0.29) is 5.82 Å². The van der Waals surface area contributed by atoms with Crippen molar-refractivity contribution in [3.63, 3.8) is 0 Å². The van der Waals surface area contributed by atoms with Gasteiger partial charge in [0.05, 0.1) is 4.47 Å². The summed E-state index contributed by atoms with van der Waals surface area (Å²) in [5.41, 5.74) is 2.23. The van der Waals surface area contributed by atoms with Crippen molar-refractivity contribution >= 4 is 44.8 Å². The highest BCUT2D eigenvalue weighted by molar-refractivity contribution is 9.10. The number of hydrogen-bond acceptors (Lipinski definition) is 4. The summed E-state index contributed by atoms with van der Waals surface area (Å²) < 4.78 is 15.4. The molecule has 0 radical (unpaired) electrons. The van der Waals surface area contributed by atoms with E-state index in [4.69, 9.17) is 11.6 Å². The van der Waals surface area contributed by atoms with Crippen LogP contribution in [0.3, 0.4) is 0 Å². The molecular weight excluding hydrogens is 361 g/mol. The Balaban J connectivity index is 2.16. The maximum atomic E-state index is 13.5. The van der Waals surface area contributed by atoms with Gasteiger partial charge in [-0.3, -0.25) is 0 Å². The molecule has 8 heteroatoms. The van der Waals surface area contributed by atoms with Crippen LogP contribution in [-0.2, 0) is 0 Å². The van der Waals surface area contributed by atoms with Crippen LogP contribution in [0.1, 0.15) is 11.1 Å². The van der Waals surface area contributed by atoms with Gasteiger partial charge in [0.2, 0.25) is 0 Å². The highest BCUT2D eigenvalue weighted by Crippen LogP contribution is 2.30. The molecule has 5 nitrogen and oxygen atoms in total. The van der Waals surface area contributed by atoms with E-state index in [1.807, 2.05) is 13.8 Å². The molecule has 0 spiro atoms. The van der Waals surface area contributed by atoms with Crippen LogP contribution in [0.2, 0.25) is 5.15 Å². The third kappa shape index (κ3) is 2.47. The number of fused-ring (bicyclic) bond motifs is 1. The standard InChI is InChI=1S/C13H10BrClFN5/c1-6-3-9(16)8(14)4-10(6)19-12-7(2)11(15)20-13-17-5-18-21(12)13/h3-5,19H,1-2H3. The Hall–Kier alpha value is -1.73. The van der Waals surface area contributed by atoms with Crippen molar-refractivity contribution in [1.29, 1.82) is 0 Å². The molecule has 0 unspecified atom stereocenters. The second-order valence-corrected chi connectivity index (χ2v) is 5.77. The minimum Gasteiger partial charge on any atom is -0.340 e. The lowest BCUT2D eigenvalue weighted by Gasteiger charge is -2.14. The van der Waals surface area contributed by atoms with Crippen molar-refractivity contribution in [3.05, 3.63) is 45.0 Å². The first-order chi connectivity index (χ1) is 9.97. The van der Waals surface area contributed by atoms with E-state index in [2.05, 4.69) is 36.3 Å². The highest BCUT2D eigenvalue weighted by atomic mass is 79.9. The monoisotopic (exact) mass is 369 g/mol. The first-order valence-electron chi connectivity index (χ1n) is 6.06. The Bertz CT molecular complexity index is 848. The summed E-state index contributed by atoms with van der Waals surface area (Å²) in [6.45, 7) is 3.64. The summed E-state index contributed by atoms with van der Waals surface area (Å²) in [5.74, 6) is 0.726. The molecule has 0 fully saturated rings. The van der Waals surface area contributed by atoms with Gasteiger partial charge < -0.3 is 5.32 Å². The average Bonchev–Trinajstić information content (AvgIpc) is 2.88. The fourth-order valence-corrected chi connectivity index (χ4v) is 2.46. The molecule has 108 valence electrons. The van der Waals surface area contributed by atoms with Crippen molar-refractivity contribution < 1.29 is 4.39 Å². The van der Waals surface area contributed by atoms with Crippen LogP contribution >= 0.6 is 27.5 Å². The quantitative estimate of drug-likeness (QED) is 0.692. The lowest BCUT2D eigenvalue weighted by atomic mass is 10.2. The Kier molecular flexibility index (Phi) is 3.54. The SMILES string of the molecule is Cc1cc(F)c(Br)cc1Nc1c(C)c(Cl)nc2ncnn12. The second kappa shape index (κ2) is 5.23. The van der Waals surface area contributed by atoms with Gasteiger partial charge in [-0.25, -0.2) is 4.39 Å². The van der Waals surface area contributed by atoms with Gasteiger partial charge in [0, 0.05) is 11.3 Å². The predicted molar refractivity (Wildman–Crippen MR) is 82.6 cm³/mol. The molecule has 0 aliphatic carbocycles. The molecule has 0 amide bonds. The van der Waals surface area contributed by atoms with E-state index < -0.39 is 0 Å². The van der Waals surface area contributed by atoms with Crippen molar-refractivity contribution in [3.8, 4) is 0 Å². The average molecular weight is 371 g/mol. The minimum atomic E-state index is -0.312. The van der Waals surface area contributed by atoms with Crippen molar-refractivity contribution in [2.75, 3.05) is 5.32 Å². The summed E-state index contributed by atoms with van der Waals surface area (Å²) in [6, 6.07) is 3.12. The summed E-state index contributed by atoms with van der Waals surface area (Å²) in [7, 11) is 0. The lowest BCUT2D eigenvalue weighted by Crippen LogP contribution is -2.06. The van der Waals surface area contributed by atoms with Gasteiger partial charge in [0.1, 0.15) is 23.1 Å². The van der Waals surface area contributed by atoms with Crippen LogP contribution in [0.4, 0.5) is 15.9 Å². The summed E-state index contributed by atoms with van der Waals surface area (Å²) >= 11 is 9.29. The van der Waals surface area contributed by atoms with Crippen LogP contribution in [0, 0.1) is 19.7 Å². The molecule has 0 bridgehead atoms. The first-order valence-corrected chi connectivity index (χ1v) is 7.23. The molecule has 0 saturated heterocycles. The number of rotatable bonds is 2. The largest absolute Gasteiger partial charge is 0.340 e. The number of benzene rings is 1. The van der Waals surface area contributed by atoms with E-state index in [1.165, 1.54) is 12.4 Å². The number of halogens is 3. The number of nitrogens with one attached hydrogen (secondary N) is 1. The summed E-state index contributed by atoms with van der Waals surface area (Å²) in [5, 5.41) is 7.68. The number of nitrogens with zero attached hydrogens (tertiary/aromatic N) is 4. The molecule has 0 saturated carbocycles. The zero-order chi connectivity index (χ0) is 15.1. The van der Waals surface area contributed by atoms with Crippen molar-refractivity contribution in [2.24, 2.45) is 0 Å². The van der Waals surface area contributed by atoms with Crippen molar-refractivity contribution in [1.82, 2.24) is 19.6 Å². The molecule has 0 aliphatic heterocycles. The van der Waals surface area contributed by atoms with E-state index >= 15 is 0 Å². The minimum absolute atomic E-state index is 0.312. The molecule has 2 heterocycles. The van der Waals surface area contributed by atoms with E-state index in [1.54, 1.807) is 10.6 Å². The van der Waals surface area contributed by atoms with Crippen LogP contribution in [-0.4, -0.2) is 19.6 Å². The van der Waals surface area contributed by atoms with Crippen LogP contribution in [0.25, 0.3) is 5.78 Å². The molecule has 1 aromatic carbocycles. The first kappa shape index (κ1) is 14.2. The third-order valence-corrected chi connectivity index (χ3v) is 4.10. The second-order valence-electron chi connectivity index (χ2n) is 4.55. The smallest absolute Gasteiger partial charge is 0.255 e. The Labute approximate surface area is 133 Å².